The zero-order valence-electron chi connectivity index (χ0n) is 13.8. The maximum atomic E-state index is 3.70. The van der Waals surface area contributed by atoms with Gasteiger partial charge in [0.25, 0.3) is 0 Å². The van der Waals surface area contributed by atoms with Gasteiger partial charge in [-0.2, -0.15) is 11.8 Å². The van der Waals surface area contributed by atoms with Crippen LogP contribution in [0.15, 0.2) is 24.3 Å². The van der Waals surface area contributed by atoms with Crippen molar-refractivity contribution in [1.82, 2.24) is 5.32 Å². The zero-order valence-corrected chi connectivity index (χ0v) is 14.6. The summed E-state index contributed by atoms with van der Waals surface area (Å²) < 4.78 is 0.345. The van der Waals surface area contributed by atoms with E-state index in [1.165, 1.54) is 23.3 Å². The number of benzene rings is 1. The normalized spacial score (nSPS) is 13.4. The van der Waals surface area contributed by atoms with Crippen LogP contribution in [-0.4, -0.2) is 23.1 Å². The van der Waals surface area contributed by atoms with Crippen LogP contribution in [0.1, 0.15) is 52.2 Å². The van der Waals surface area contributed by atoms with Crippen LogP contribution >= 0.6 is 11.8 Å². The molecule has 0 saturated heterocycles. The van der Waals surface area contributed by atoms with Crippen LogP contribution in [0.4, 0.5) is 0 Å². The van der Waals surface area contributed by atoms with Crippen LogP contribution in [0, 0.1) is 0 Å². The molecule has 0 aliphatic rings. The number of rotatable bonds is 8. The van der Waals surface area contributed by atoms with Gasteiger partial charge in [-0.05, 0) is 36.9 Å². The molecule has 0 radical (unpaired) electrons. The molecule has 0 heterocycles. The van der Waals surface area contributed by atoms with Crippen molar-refractivity contribution in [3.8, 4) is 0 Å². The Morgan fingerprint density at radius 3 is 2.15 bits per heavy atom. The molecule has 0 aliphatic heterocycles. The summed E-state index contributed by atoms with van der Waals surface area (Å²) >= 11 is 2.06. The highest BCUT2D eigenvalue weighted by Gasteiger charge is 2.15. The lowest BCUT2D eigenvalue weighted by Crippen LogP contribution is -2.35. The molecule has 1 unspecified atom stereocenters. The SMILES string of the molecule is CCCNC(CSC(C)(C)C)Cc1ccc(CC)cc1. The first-order valence-corrected chi connectivity index (χ1v) is 8.88. The number of hydrogen-bond donors (Lipinski definition) is 1. The highest BCUT2D eigenvalue weighted by atomic mass is 32.2. The second-order valence-electron chi connectivity index (χ2n) is 6.45. The number of thioether (sulfide) groups is 1. The number of aryl methyl sites for hydroxylation is 1. The van der Waals surface area contributed by atoms with Crippen molar-refractivity contribution >= 4 is 11.8 Å². The third-order valence-corrected chi connectivity index (χ3v) is 4.75. The molecular formula is C18H31NS. The molecule has 114 valence electrons. The Kier molecular flexibility index (Phi) is 7.68. The van der Waals surface area contributed by atoms with E-state index in [1.54, 1.807) is 0 Å². The molecule has 0 fully saturated rings. The van der Waals surface area contributed by atoms with Crippen LogP contribution in [-0.2, 0) is 12.8 Å². The van der Waals surface area contributed by atoms with Crippen molar-refractivity contribution < 1.29 is 0 Å². The molecule has 1 atom stereocenters. The monoisotopic (exact) mass is 293 g/mol. The summed E-state index contributed by atoms with van der Waals surface area (Å²) in [4.78, 5) is 0. The van der Waals surface area contributed by atoms with Crippen molar-refractivity contribution in [2.75, 3.05) is 12.3 Å². The maximum Gasteiger partial charge on any atom is 0.0198 e. The molecule has 0 aromatic heterocycles. The molecule has 1 nitrogen and oxygen atoms in total. The van der Waals surface area contributed by atoms with E-state index in [-0.39, 0.29) is 0 Å². The standard InChI is InChI=1S/C18H31NS/c1-6-12-19-17(14-20-18(3,4)5)13-16-10-8-15(7-2)9-11-16/h8-11,17,19H,6-7,12-14H2,1-5H3. The van der Waals surface area contributed by atoms with Gasteiger partial charge in [0.05, 0.1) is 0 Å². The lowest BCUT2D eigenvalue weighted by atomic mass is 10.0. The summed E-state index contributed by atoms with van der Waals surface area (Å²) in [5.74, 6) is 1.18. The average Bonchev–Trinajstić information content (AvgIpc) is 2.41. The van der Waals surface area contributed by atoms with Crippen LogP contribution in [0.3, 0.4) is 0 Å². The molecule has 0 bridgehead atoms. The van der Waals surface area contributed by atoms with Gasteiger partial charge in [0.2, 0.25) is 0 Å². The minimum absolute atomic E-state index is 0.345. The van der Waals surface area contributed by atoms with Crippen molar-refractivity contribution in [3.63, 3.8) is 0 Å². The molecule has 2 heteroatoms. The molecule has 1 N–H and O–H groups in total. The second-order valence-corrected chi connectivity index (χ2v) is 8.30. The van der Waals surface area contributed by atoms with Crippen molar-refractivity contribution in [2.45, 2.75) is 64.7 Å². The number of nitrogens with one attached hydrogen (secondary N) is 1. The van der Waals surface area contributed by atoms with Crippen LogP contribution in [0.25, 0.3) is 0 Å². The van der Waals surface area contributed by atoms with E-state index in [4.69, 9.17) is 0 Å². The first-order valence-electron chi connectivity index (χ1n) is 7.89. The van der Waals surface area contributed by atoms with Crippen LogP contribution in [0.2, 0.25) is 0 Å². The fourth-order valence-corrected chi connectivity index (χ4v) is 3.02. The molecule has 1 aromatic carbocycles. The van der Waals surface area contributed by atoms with Gasteiger partial charge in [0.1, 0.15) is 0 Å². The molecule has 20 heavy (non-hydrogen) atoms. The van der Waals surface area contributed by atoms with Crippen molar-refractivity contribution in [2.24, 2.45) is 0 Å². The molecule has 0 saturated carbocycles. The lowest BCUT2D eigenvalue weighted by molar-refractivity contribution is 0.548. The van der Waals surface area contributed by atoms with E-state index < -0.39 is 0 Å². The highest BCUT2D eigenvalue weighted by Crippen LogP contribution is 2.24. The summed E-state index contributed by atoms with van der Waals surface area (Å²) in [5.41, 5.74) is 2.88. The van der Waals surface area contributed by atoms with Gasteiger partial charge in [-0.3, -0.25) is 0 Å². The van der Waals surface area contributed by atoms with Gasteiger partial charge in [0, 0.05) is 16.5 Å². The Morgan fingerprint density at radius 1 is 1.05 bits per heavy atom. The molecule has 0 amide bonds. The first-order chi connectivity index (χ1) is 9.44. The van der Waals surface area contributed by atoms with Gasteiger partial charge < -0.3 is 5.32 Å². The van der Waals surface area contributed by atoms with E-state index >= 15 is 0 Å². The zero-order chi connectivity index (χ0) is 15.0. The van der Waals surface area contributed by atoms with E-state index in [9.17, 15) is 0 Å². The summed E-state index contributed by atoms with van der Waals surface area (Å²) in [5, 5.41) is 3.70. The van der Waals surface area contributed by atoms with E-state index in [2.05, 4.69) is 76.0 Å². The molecule has 1 aromatic rings. The average molecular weight is 294 g/mol. The second kappa shape index (κ2) is 8.74. The van der Waals surface area contributed by atoms with Gasteiger partial charge >= 0.3 is 0 Å². The Hall–Kier alpha value is -0.470. The van der Waals surface area contributed by atoms with Crippen molar-refractivity contribution in [1.29, 1.82) is 0 Å². The highest BCUT2D eigenvalue weighted by molar-refractivity contribution is 8.00. The summed E-state index contributed by atoms with van der Waals surface area (Å²) in [6.45, 7) is 12.4. The van der Waals surface area contributed by atoms with Gasteiger partial charge in [-0.1, -0.05) is 58.9 Å². The minimum atomic E-state index is 0.345. The topological polar surface area (TPSA) is 12.0 Å². The van der Waals surface area contributed by atoms with Crippen LogP contribution < -0.4 is 5.32 Å². The Bertz CT molecular complexity index is 364. The lowest BCUT2D eigenvalue weighted by Gasteiger charge is -2.24. The first kappa shape index (κ1) is 17.6. The van der Waals surface area contributed by atoms with Crippen molar-refractivity contribution in [3.05, 3.63) is 35.4 Å². The molecule has 0 aliphatic carbocycles. The van der Waals surface area contributed by atoms with Crippen LogP contribution in [0.5, 0.6) is 0 Å². The van der Waals surface area contributed by atoms with Gasteiger partial charge in [0.15, 0.2) is 0 Å². The largest absolute Gasteiger partial charge is 0.313 e. The third kappa shape index (κ3) is 7.35. The maximum absolute atomic E-state index is 3.70. The molecule has 0 spiro atoms. The third-order valence-electron chi connectivity index (χ3n) is 3.31. The fraction of sp³-hybridized carbons (Fsp3) is 0.667. The minimum Gasteiger partial charge on any atom is -0.313 e. The fourth-order valence-electron chi connectivity index (χ4n) is 2.08. The van der Waals surface area contributed by atoms with Gasteiger partial charge in [-0.25, -0.2) is 0 Å². The molecule has 1 rings (SSSR count). The van der Waals surface area contributed by atoms with E-state index in [0.717, 1.165) is 19.4 Å². The Balaban J connectivity index is 2.57. The van der Waals surface area contributed by atoms with E-state index in [1.807, 2.05) is 0 Å². The number of hydrogen-bond acceptors (Lipinski definition) is 2. The quantitative estimate of drug-likeness (QED) is 0.746. The Morgan fingerprint density at radius 2 is 1.65 bits per heavy atom. The smallest absolute Gasteiger partial charge is 0.0198 e. The van der Waals surface area contributed by atoms with Gasteiger partial charge in [-0.15, -0.1) is 0 Å². The predicted octanol–water partition coefficient (Wildman–Crippen LogP) is 4.69. The molecular weight excluding hydrogens is 262 g/mol. The predicted molar refractivity (Wildman–Crippen MR) is 93.8 cm³/mol. The Labute approximate surface area is 129 Å². The van der Waals surface area contributed by atoms with E-state index in [0.29, 0.717) is 10.8 Å². The summed E-state index contributed by atoms with van der Waals surface area (Å²) in [7, 11) is 0. The summed E-state index contributed by atoms with van der Waals surface area (Å²) in [6, 6.07) is 9.70. The summed E-state index contributed by atoms with van der Waals surface area (Å²) in [6.07, 6.45) is 3.45.